The highest BCUT2D eigenvalue weighted by molar-refractivity contribution is 7.13. The maximum atomic E-state index is 12.8. The number of fused-ring (bicyclic) bond motifs is 1. The fourth-order valence-electron chi connectivity index (χ4n) is 4.15. The number of carbonyl (C=O) groups is 1. The van der Waals surface area contributed by atoms with E-state index in [2.05, 4.69) is 43.1 Å². The van der Waals surface area contributed by atoms with Crippen LogP contribution in [0.1, 0.15) is 48.7 Å². The highest BCUT2D eigenvalue weighted by Crippen LogP contribution is 2.37. The molecule has 1 aliphatic carbocycles. The molecule has 2 aromatic rings. The first-order valence-corrected chi connectivity index (χ1v) is 10.0. The maximum absolute atomic E-state index is 12.8. The van der Waals surface area contributed by atoms with Crippen LogP contribution in [0.5, 0.6) is 0 Å². The van der Waals surface area contributed by atoms with Crippen molar-refractivity contribution in [3.05, 3.63) is 40.9 Å². The molecule has 5 heteroatoms. The molecule has 1 saturated carbocycles. The summed E-state index contributed by atoms with van der Waals surface area (Å²) in [6, 6.07) is 8.75. The largest absolute Gasteiger partial charge is 0.337 e. The van der Waals surface area contributed by atoms with Gasteiger partial charge in [0.25, 0.3) is 5.91 Å². The number of nitrogens with two attached hydrogens (primary N) is 1. The zero-order valence-corrected chi connectivity index (χ0v) is 15.6. The van der Waals surface area contributed by atoms with E-state index < -0.39 is 0 Å². The molecular weight excluding hydrogens is 330 g/mol. The molecule has 1 aromatic heterocycles. The molecule has 2 heterocycles. The van der Waals surface area contributed by atoms with Crippen LogP contribution in [0.25, 0.3) is 10.6 Å². The van der Waals surface area contributed by atoms with Crippen LogP contribution in [0.4, 0.5) is 0 Å². The van der Waals surface area contributed by atoms with Crippen LogP contribution in [0.2, 0.25) is 0 Å². The van der Waals surface area contributed by atoms with Crippen molar-refractivity contribution in [1.82, 2.24) is 9.88 Å². The highest BCUT2D eigenvalue weighted by Gasteiger charge is 2.42. The molecule has 1 amide bonds. The molecule has 4 rings (SSSR count). The van der Waals surface area contributed by atoms with Gasteiger partial charge in [0.05, 0.1) is 0 Å². The maximum Gasteiger partial charge on any atom is 0.273 e. The number of aromatic nitrogens is 1. The van der Waals surface area contributed by atoms with Gasteiger partial charge in [0.15, 0.2) is 0 Å². The van der Waals surface area contributed by atoms with Gasteiger partial charge < -0.3 is 10.6 Å². The summed E-state index contributed by atoms with van der Waals surface area (Å²) in [5.74, 6) is 1.64. The average Bonchev–Trinajstić information content (AvgIpc) is 3.32. The molecule has 1 saturated heterocycles. The van der Waals surface area contributed by atoms with E-state index in [1.54, 1.807) is 11.3 Å². The number of nitrogens with zero attached hydrogens (tertiary/aromatic N) is 2. The Bertz CT molecular complexity index is 768. The van der Waals surface area contributed by atoms with Crippen molar-refractivity contribution in [2.24, 2.45) is 17.6 Å². The van der Waals surface area contributed by atoms with Crippen molar-refractivity contribution >= 4 is 17.2 Å². The van der Waals surface area contributed by atoms with Crippen LogP contribution in [-0.2, 0) is 0 Å². The number of benzene rings is 1. The second-order valence-electron chi connectivity index (χ2n) is 7.69. The Morgan fingerprint density at radius 2 is 2.00 bits per heavy atom. The van der Waals surface area contributed by atoms with Gasteiger partial charge in [-0.25, -0.2) is 4.98 Å². The molecule has 1 aromatic carbocycles. The van der Waals surface area contributed by atoms with Crippen molar-refractivity contribution in [3.63, 3.8) is 0 Å². The van der Waals surface area contributed by atoms with Gasteiger partial charge in [0, 0.05) is 30.1 Å². The Labute approximate surface area is 153 Å². The Balaban J connectivity index is 1.48. The minimum atomic E-state index is 0.0582. The number of thiazole rings is 1. The first kappa shape index (κ1) is 16.7. The van der Waals surface area contributed by atoms with E-state index in [-0.39, 0.29) is 11.9 Å². The third kappa shape index (κ3) is 3.11. The number of amides is 1. The van der Waals surface area contributed by atoms with Crippen LogP contribution in [-0.4, -0.2) is 34.9 Å². The predicted molar refractivity (Wildman–Crippen MR) is 102 cm³/mol. The van der Waals surface area contributed by atoms with Gasteiger partial charge in [0.2, 0.25) is 0 Å². The molecule has 2 fully saturated rings. The zero-order chi connectivity index (χ0) is 17.6. The van der Waals surface area contributed by atoms with E-state index in [0.29, 0.717) is 23.4 Å². The van der Waals surface area contributed by atoms with Gasteiger partial charge in [-0.15, -0.1) is 11.3 Å². The summed E-state index contributed by atoms with van der Waals surface area (Å²) in [6.07, 6.45) is 2.25. The summed E-state index contributed by atoms with van der Waals surface area (Å²) in [5.41, 5.74) is 9.15. The van der Waals surface area contributed by atoms with Gasteiger partial charge in [-0.2, -0.15) is 0 Å². The Morgan fingerprint density at radius 3 is 2.68 bits per heavy atom. The lowest BCUT2D eigenvalue weighted by molar-refractivity contribution is 0.0774. The molecule has 25 heavy (non-hydrogen) atoms. The van der Waals surface area contributed by atoms with Crippen LogP contribution >= 0.6 is 11.3 Å². The van der Waals surface area contributed by atoms with Crippen LogP contribution in [0.3, 0.4) is 0 Å². The van der Waals surface area contributed by atoms with Gasteiger partial charge >= 0.3 is 0 Å². The van der Waals surface area contributed by atoms with Gasteiger partial charge in [0.1, 0.15) is 10.7 Å². The van der Waals surface area contributed by atoms with E-state index in [4.69, 9.17) is 5.73 Å². The summed E-state index contributed by atoms with van der Waals surface area (Å²) in [7, 11) is 0. The number of carbonyl (C=O) groups excluding carboxylic acids is 1. The average molecular weight is 356 g/mol. The van der Waals surface area contributed by atoms with Crippen LogP contribution < -0.4 is 5.73 Å². The molecule has 1 aliphatic heterocycles. The second-order valence-corrected chi connectivity index (χ2v) is 8.55. The van der Waals surface area contributed by atoms with Crippen molar-refractivity contribution in [1.29, 1.82) is 0 Å². The summed E-state index contributed by atoms with van der Waals surface area (Å²) < 4.78 is 0. The van der Waals surface area contributed by atoms with Crippen molar-refractivity contribution in [2.45, 2.75) is 38.6 Å². The third-order valence-electron chi connectivity index (χ3n) is 5.75. The summed E-state index contributed by atoms with van der Waals surface area (Å²) in [5, 5.41) is 2.80. The quantitative estimate of drug-likeness (QED) is 0.912. The van der Waals surface area contributed by atoms with Crippen LogP contribution in [0, 0.1) is 11.8 Å². The van der Waals surface area contributed by atoms with Gasteiger partial charge in [-0.3, -0.25) is 4.79 Å². The molecule has 0 spiro atoms. The molecule has 0 bridgehead atoms. The molecule has 2 aliphatic rings. The highest BCUT2D eigenvalue weighted by atomic mass is 32.1. The number of likely N-dealkylation sites (tertiary alicyclic amines) is 1. The Hall–Kier alpha value is -1.72. The minimum absolute atomic E-state index is 0.0582. The Kier molecular flexibility index (Phi) is 4.38. The topological polar surface area (TPSA) is 59.2 Å². The van der Waals surface area contributed by atoms with E-state index in [1.807, 2.05) is 10.3 Å². The lowest BCUT2D eigenvalue weighted by Gasteiger charge is -2.17. The zero-order valence-electron chi connectivity index (χ0n) is 14.8. The van der Waals surface area contributed by atoms with Gasteiger partial charge in [-0.05, 0) is 36.2 Å². The molecule has 3 atom stereocenters. The van der Waals surface area contributed by atoms with Crippen molar-refractivity contribution in [2.75, 3.05) is 13.1 Å². The van der Waals surface area contributed by atoms with Gasteiger partial charge in [-0.1, -0.05) is 38.1 Å². The SMILES string of the molecule is CC(C)c1ccc(-c2nc(C(=O)N3CC4CCC(N)C4C3)cs2)cc1. The lowest BCUT2D eigenvalue weighted by atomic mass is 9.98. The molecule has 132 valence electrons. The molecule has 0 radical (unpaired) electrons. The summed E-state index contributed by atoms with van der Waals surface area (Å²) >= 11 is 1.54. The van der Waals surface area contributed by atoms with E-state index in [0.717, 1.165) is 36.5 Å². The third-order valence-corrected chi connectivity index (χ3v) is 6.64. The minimum Gasteiger partial charge on any atom is -0.337 e. The summed E-state index contributed by atoms with van der Waals surface area (Å²) in [4.78, 5) is 19.4. The fourth-order valence-corrected chi connectivity index (χ4v) is 4.95. The molecule has 4 nitrogen and oxygen atoms in total. The predicted octanol–water partition coefficient (Wildman–Crippen LogP) is 3.74. The summed E-state index contributed by atoms with van der Waals surface area (Å²) in [6.45, 7) is 6.01. The smallest absolute Gasteiger partial charge is 0.273 e. The normalized spacial score (nSPS) is 25.6. The first-order chi connectivity index (χ1) is 12.0. The van der Waals surface area contributed by atoms with Crippen LogP contribution in [0.15, 0.2) is 29.6 Å². The first-order valence-electron chi connectivity index (χ1n) is 9.13. The van der Waals surface area contributed by atoms with E-state index >= 15 is 0 Å². The van der Waals surface area contributed by atoms with Crippen molar-refractivity contribution < 1.29 is 4.79 Å². The van der Waals surface area contributed by atoms with E-state index in [9.17, 15) is 4.79 Å². The van der Waals surface area contributed by atoms with E-state index in [1.165, 1.54) is 5.56 Å². The Morgan fingerprint density at radius 1 is 1.24 bits per heavy atom. The lowest BCUT2D eigenvalue weighted by Crippen LogP contribution is -2.33. The second kappa shape index (κ2) is 6.54. The standard InChI is InChI=1S/C20H25N3OS/c1-12(2)13-3-5-14(6-4-13)19-22-18(11-25-19)20(24)23-9-15-7-8-17(21)16(15)10-23/h3-6,11-12,15-17H,7-10,21H2,1-2H3. The molecule has 2 N–H and O–H groups in total. The fraction of sp³-hybridized carbons (Fsp3) is 0.500. The molecular formula is C20H25N3OS. The number of hydrogen-bond acceptors (Lipinski definition) is 4. The molecule has 3 unspecified atom stereocenters. The monoisotopic (exact) mass is 355 g/mol. The number of hydrogen-bond donors (Lipinski definition) is 1. The number of rotatable bonds is 3. The van der Waals surface area contributed by atoms with Crippen molar-refractivity contribution in [3.8, 4) is 10.6 Å².